The van der Waals surface area contributed by atoms with Crippen LogP contribution in [-0.2, 0) is 18.5 Å². The van der Waals surface area contributed by atoms with Crippen molar-refractivity contribution in [2.75, 3.05) is 6.16 Å². The second-order valence-corrected chi connectivity index (χ2v) is 13.2. The van der Waals surface area contributed by atoms with Gasteiger partial charge in [-0.2, -0.15) is 0 Å². The summed E-state index contributed by atoms with van der Waals surface area (Å²) < 4.78 is 0. The molecule has 0 nitrogen and oxygen atoms in total. The Kier molecular flexibility index (Phi) is 12.9. The maximum absolute atomic E-state index is 2.34. The van der Waals surface area contributed by atoms with Gasteiger partial charge in [-0.1, -0.05) is 130 Å². The van der Waals surface area contributed by atoms with Crippen LogP contribution >= 0.6 is 7.26 Å². The zero-order valence-electron chi connectivity index (χ0n) is 19.8. The van der Waals surface area contributed by atoms with E-state index >= 15 is 0 Å². The molecule has 0 unspecified atom stereocenters. The van der Waals surface area contributed by atoms with Crippen molar-refractivity contribution in [3.63, 3.8) is 0 Å². The summed E-state index contributed by atoms with van der Waals surface area (Å²) in [5, 5.41) is 0. The number of rotatable bonds is 14. The standard InChI is InChI=1S/C30H40P.BrH/c1-2-3-4-5-6-7-17-24-31(25-28-18-11-8-12-19-28,26-29-20-13-9-14-21-29)27-30-22-15-10-16-23-30;/h8-16,18-23H,2-7,17,24-27H2,1H3;1H/q+1;/p-1. The third-order valence-corrected chi connectivity index (χ3v) is 10.7. The highest BCUT2D eigenvalue weighted by atomic mass is 79.9. The average Bonchev–Trinajstić information content (AvgIpc) is 2.80. The first kappa shape index (κ1) is 26.8. The summed E-state index contributed by atoms with van der Waals surface area (Å²) in [6.07, 6.45) is 14.9. The number of unbranched alkanes of at least 4 members (excludes halogenated alkanes) is 6. The lowest BCUT2D eigenvalue weighted by molar-refractivity contribution is -0.00000662. The van der Waals surface area contributed by atoms with Gasteiger partial charge in [-0.3, -0.25) is 0 Å². The van der Waals surface area contributed by atoms with Gasteiger partial charge in [0.1, 0.15) is 0 Å². The van der Waals surface area contributed by atoms with Gasteiger partial charge >= 0.3 is 0 Å². The Labute approximate surface area is 208 Å². The van der Waals surface area contributed by atoms with E-state index in [0.29, 0.717) is 0 Å². The Balaban J connectivity index is 0.00000363. The Morgan fingerprint density at radius 2 is 0.812 bits per heavy atom. The molecule has 0 fully saturated rings. The van der Waals surface area contributed by atoms with Crippen LogP contribution in [0.2, 0.25) is 0 Å². The van der Waals surface area contributed by atoms with Gasteiger partial charge in [-0.05, 0) is 29.5 Å². The van der Waals surface area contributed by atoms with E-state index in [4.69, 9.17) is 0 Å². The van der Waals surface area contributed by atoms with Gasteiger partial charge in [0.2, 0.25) is 0 Å². The lowest BCUT2D eigenvalue weighted by Gasteiger charge is -2.29. The van der Waals surface area contributed by atoms with Gasteiger partial charge in [0, 0.05) is 7.26 Å². The molecule has 2 heteroatoms. The van der Waals surface area contributed by atoms with E-state index in [0.717, 1.165) is 0 Å². The van der Waals surface area contributed by atoms with Crippen molar-refractivity contribution < 1.29 is 17.0 Å². The molecule has 0 aromatic heterocycles. The Bertz CT molecular complexity index is 731. The normalized spacial score (nSPS) is 11.2. The van der Waals surface area contributed by atoms with Gasteiger partial charge in [-0.25, -0.2) is 0 Å². The van der Waals surface area contributed by atoms with Crippen molar-refractivity contribution >= 4 is 7.26 Å². The topological polar surface area (TPSA) is 0 Å². The summed E-state index contributed by atoms with van der Waals surface area (Å²) in [7, 11) is -1.22. The second kappa shape index (κ2) is 15.4. The smallest absolute Gasteiger partial charge is 0.0849 e. The molecule has 0 aliphatic rings. The summed E-state index contributed by atoms with van der Waals surface area (Å²) in [5.74, 6) is 0. The van der Waals surface area contributed by atoms with Gasteiger partial charge in [0.15, 0.2) is 0 Å². The summed E-state index contributed by atoms with van der Waals surface area (Å²) in [5.41, 5.74) is 4.56. The number of hydrogen-bond donors (Lipinski definition) is 0. The van der Waals surface area contributed by atoms with Crippen LogP contribution in [0, 0.1) is 0 Å². The lowest BCUT2D eigenvalue weighted by Crippen LogP contribution is -3.00. The van der Waals surface area contributed by atoms with Crippen LogP contribution in [0.5, 0.6) is 0 Å². The first-order valence-corrected chi connectivity index (χ1v) is 14.8. The quantitative estimate of drug-likeness (QED) is 0.175. The van der Waals surface area contributed by atoms with Crippen molar-refractivity contribution in [3.8, 4) is 0 Å². The predicted molar refractivity (Wildman–Crippen MR) is 140 cm³/mol. The van der Waals surface area contributed by atoms with E-state index in [9.17, 15) is 0 Å². The molecule has 172 valence electrons. The van der Waals surface area contributed by atoms with E-state index < -0.39 is 7.26 Å². The SMILES string of the molecule is CCCCCCCCC[P+](Cc1ccccc1)(Cc1ccccc1)Cc1ccccc1.[Br-]. The van der Waals surface area contributed by atoms with Gasteiger partial charge in [0.25, 0.3) is 0 Å². The summed E-state index contributed by atoms with van der Waals surface area (Å²) in [6, 6.07) is 33.8. The third kappa shape index (κ3) is 9.60. The van der Waals surface area contributed by atoms with E-state index in [-0.39, 0.29) is 17.0 Å². The molecule has 3 aromatic carbocycles. The number of hydrogen-bond acceptors (Lipinski definition) is 0. The predicted octanol–water partition coefficient (Wildman–Crippen LogP) is 6.36. The van der Waals surface area contributed by atoms with Crippen LogP contribution < -0.4 is 17.0 Å². The minimum Gasteiger partial charge on any atom is -1.00 e. The molecule has 0 spiro atoms. The lowest BCUT2D eigenvalue weighted by atomic mass is 10.1. The van der Waals surface area contributed by atoms with E-state index in [1.165, 1.54) is 86.3 Å². The zero-order chi connectivity index (χ0) is 21.6. The Morgan fingerprint density at radius 3 is 1.19 bits per heavy atom. The summed E-state index contributed by atoms with van der Waals surface area (Å²) in [6.45, 7) is 2.30. The van der Waals surface area contributed by atoms with E-state index in [1.54, 1.807) is 0 Å². The monoisotopic (exact) mass is 510 g/mol. The fourth-order valence-corrected chi connectivity index (χ4v) is 9.38. The number of halogens is 1. The third-order valence-electron chi connectivity index (χ3n) is 6.32. The molecule has 3 aromatic rings. The first-order chi connectivity index (χ1) is 15.3. The fraction of sp³-hybridized carbons (Fsp3) is 0.400. The van der Waals surface area contributed by atoms with E-state index in [2.05, 4.69) is 97.9 Å². The average molecular weight is 512 g/mol. The molecular formula is C30H40BrP. The molecule has 0 radical (unpaired) electrons. The van der Waals surface area contributed by atoms with Crippen molar-refractivity contribution in [1.29, 1.82) is 0 Å². The minimum atomic E-state index is -1.22. The molecule has 0 aliphatic heterocycles. The van der Waals surface area contributed by atoms with Crippen molar-refractivity contribution in [2.24, 2.45) is 0 Å². The summed E-state index contributed by atoms with van der Waals surface area (Å²) >= 11 is 0. The van der Waals surface area contributed by atoms with Crippen LogP contribution in [-0.4, -0.2) is 6.16 Å². The Hall–Kier alpha value is -1.43. The molecule has 0 N–H and O–H groups in total. The minimum absolute atomic E-state index is 0. The van der Waals surface area contributed by atoms with Gasteiger partial charge < -0.3 is 17.0 Å². The maximum Gasteiger partial charge on any atom is 0.0849 e. The van der Waals surface area contributed by atoms with Crippen molar-refractivity contribution in [2.45, 2.75) is 70.4 Å². The fourth-order valence-electron chi connectivity index (χ4n) is 4.72. The molecule has 0 bridgehead atoms. The number of benzene rings is 3. The van der Waals surface area contributed by atoms with Crippen LogP contribution in [0.15, 0.2) is 91.0 Å². The van der Waals surface area contributed by atoms with Crippen LogP contribution in [0.4, 0.5) is 0 Å². The molecule has 32 heavy (non-hydrogen) atoms. The molecule has 0 amide bonds. The highest BCUT2D eigenvalue weighted by Crippen LogP contribution is 2.67. The van der Waals surface area contributed by atoms with Crippen LogP contribution in [0.3, 0.4) is 0 Å². The summed E-state index contributed by atoms with van der Waals surface area (Å²) in [4.78, 5) is 0. The maximum atomic E-state index is 2.34. The highest BCUT2D eigenvalue weighted by Gasteiger charge is 2.37. The first-order valence-electron chi connectivity index (χ1n) is 12.3. The molecule has 0 heterocycles. The van der Waals surface area contributed by atoms with Crippen LogP contribution in [0.1, 0.15) is 68.6 Å². The molecule has 0 aliphatic carbocycles. The Morgan fingerprint density at radius 1 is 0.469 bits per heavy atom. The second-order valence-electron chi connectivity index (χ2n) is 9.12. The largest absolute Gasteiger partial charge is 1.00 e. The molecule has 0 atom stereocenters. The van der Waals surface area contributed by atoms with Gasteiger partial charge in [0.05, 0.1) is 24.6 Å². The molecule has 0 saturated carbocycles. The molecule has 0 saturated heterocycles. The van der Waals surface area contributed by atoms with Crippen LogP contribution in [0.25, 0.3) is 0 Å². The molecule has 3 rings (SSSR count). The molecular weight excluding hydrogens is 471 g/mol. The van der Waals surface area contributed by atoms with Crippen molar-refractivity contribution in [1.82, 2.24) is 0 Å². The highest BCUT2D eigenvalue weighted by molar-refractivity contribution is 7.73. The van der Waals surface area contributed by atoms with Gasteiger partial charge in [-0.15, -0.1) is 0 Å². The zero-order valence-corrected chi connectivity index (χ0v) is 22.2. The van der Waals surface area contributed by atoms with Crippen molar-refractivity contribution in [3.05, 3.63) is 108 Å². The van der Waals surface area contributed by atoms with E-state index in [1.807, 2.05) is 0 Å².